The monoisotopic (exact) mass is 625 g/mol. The Bertz CT molecular complexity index is 1570. The van der Waals surface area contributed by atoms with Crippen LogP contribution in [0.2, 0.25) is 0 Å². The predicted molar refractivity (Wildman–Crippen MR) is 161 cm³/mol. The van der Waals surface area contributed by atoms with E-state index >= 15 is 13.2 Å². The number of ether oxygens (including phenoxy) is 1. The number of hydrogen-bond donors (Lipinski definition) is 1. The van der Waals surface area contributed by atoms with Gasteiger partial charge in [-0.1, -0.05) is 6.07 Å². The van der Waals surface area contributed by atoms with Gasteiger partial charge in [-0.05, 0) is 55.7 Å². The normalized spacial score (nSPS) is 15.6. The average Bonchev–Trinajstić information content (AvgIpc) is 3.04. The number of likely N-dealkylation sites (tertiary alicyclic amines) is 1. The fourth-order valence-electron chi connectivity index (χ4n) is 4.97. The summed E-state index contributed by atoms with van der Waals surface area (Å²) in [6.45, 7) is 3.57. The number of nitrogens with one attached hydrogen (secondary N) is 1. The summed E-state index contributed by atoms with van der Waals surface area (Å²) < 4.78 is 64.3. The fraction of sp³-hybridized carbons (Fsp3) is 0.323. The Morgan fingerprint density at radius 1 is 0.867 bits per heavy atom. The van der Waals surface area contributed by atoms with Gasteiger partial charge in [0.05, 0.1) is 18.4 Å². The van der Waals surface area contributed by atoms with Gasteiger partial charge >= 0.3 is 12.1 Å². The molecule has 5 rings (SSSR count). The Morgan fingerprint density at radius 3 is 2.27 bits per heavy atom. The van der Waals surface area contributed by atoms with Crippen LogP contribution in [-0.2, 0) is 11.3 Å². The highest BCUT2D eigenvalue weighted by molar-refractivity contribution is 6.02. The van der Waals surface area contributed by atoms with E-state index in [2.05, 4.69) is 20.3 Å². The largest absolute Gasteiger partial charge is 0.443 e. The summed E-state index contributed by atoms with van der Waals surface area (Å²) in [5, 5.41) is 3.16. The molecule has 3 aromatic rings. The molecule has 14 heteroatoms. The molecule has 0 spiro atoms. The number of aliphatic imine (C=N–C) groups is 2. The van der Waals surface area contributed by atoms with E-state index in [1.807, 2.05) is 4.90 Å². The van der Waals surface area contributed by atoms with E-state index in [9.17, 15) is 14.0 Å². The van der Waals surface area contributed by atoms with Crippen LogP contribution >= 0.6 is 0 Å². The zero-order chi connectivity index (χ0) is 31.8. The van der Waals surface area contributed by atoms with Gasteiger partial charge in [-0.15, -0.1) is 0 Å². The maximum Gasteiger partial charge on any atom is 0.435 e. The molecule has 1 N–H and O–H groups in total. The van der Waals surface area contributed by atoms with Gasteiger partial charge in [-0.25, -0.2) is 37.0 Å². The zero-order valence-corrected chi connectivity index (χ0v) is 24.3. The molecule has 3 amide bonds. The molecular weight excluding hydrogens is 594 g/mol. The second kappa shape index (κ2) is 14.8. The third kappa shape index (κ3) is 8.01. The number of aromatic nitrogens is 1. The molecule has 0 radical (unpaired) electrons. The highest BCUT2D eigenvalue weighted by atomic mass is 19.1. The molecule has 2 fully saturated rings. The van der Waals surface area contributed by atoms with Crippen molar-refractivity contribution in [3.05, 3.63) is 77.4 Å². The molecule has 2 saturated heterocycles. The van der Waals surface area contributed by atoms with Crippen molar-refractivity contribution < 1.29 is 31.9 Å². The van der Waals surface area contributed by atoms with E-state index in [-0.39, 0.29) is 22.6 Å². The molecule has 2 aromatic carbocycles. The minimum absolute atomic E-state index is 0.154. The van der Waals surface area contributed by atoms with Gasteiger partial charge in [0, 0.05) is 56.5 Å². The number of carbonyl (C=O) groups is 2. The van der Waals surface area contributed by atoms with Crippen LogP contribution in [0.25, 0.3) is 11.3 Å². The molecule has 3 heterocycles. The fourth-order valence-corrected chi connectivity index (χ4v) is 4.97. The number of nitrogens with zero attached hydrogens (tertiary/aromatic N) is 6. The number of para-hydroxylation sites is 1. The van der Waals surface area contributed by atoms with Crippen molar-refractivity contribution in [2.75, 3.05) is 44.2 Å². The van der Waals surface area contributed by atoms with E-state index in [0.29, 0.717) is 37.1 Å². The molecule has 45 heavy (non-hydrogen) atoms. The molecule has 0 saturated carbocycles. The number of urea groups is 1. The smallest absolute Gasteiger partial charge is 0.435 e. The van der Waals surface area contributed by atoms with Crippen LogP contribution < -0.4 is 10.2 Å². The first-order valence-corrected chi connectivity index (χ1v) is 14.5. The molecule has 0 atom stereocenters. The van der Waals surface area contributed by atoms with Crippen LogP contribution in [0.1, 0.15) is 24.8 Å². The number of amides is 3. The maximum atomic E-state index is 15.1. The number of rotatable bonds is 7. The van der Waals surface area contributed by atoms with Gasteiger partial charge in [0.2, 0.25) is 0 Å². The van der Waals surface area contributed by atoms with Crippen molar-refractivity contribution in [3.8, 4) is 11.3 Å². The minimum atomic E-state index is -1.07. The Hall–Kier alpha value is -4.85. The van der Waals surface area contributed by atoms with E-state index < -0.39 is 47.7 Å². The van der Waals surface area contributed by atoms with Gasteiger partial charge < -0.3 is 19.9 Å². The summed E-state index contributed by atoms with van der Waals surface area (Å²) in [6, 6.07) is 7.39. The number of piperazine rings is 1. The first-order chi connectivity index (χ1) is 21.8. The number of piperidine rings is 1. The van der Waals surface area contributed by atoms with E-state index in [0.717, 1.165) is 62.7 Å². The first kappa shape index (κ1) is 31.6. The molecule has 0 bridgehead atoms. The van der Waals surface area contributed by atoms with Gasteiger partial charge in [0.25, 0.3) is 0 Å². The van der Waals surface area contributed by atoms with E-state index in [4.69, 9.17) is 4.74 Å². The molecule has 10 nitrogen and oxygen atoms in total. The Labute approximate surface area is 257 Å². The van der Waals surface area contributed by atoms with Crippen LogP contribution in [0.4, 0.5) is 38.7 Å². The SMILES string of the molecule is O=C(/N=C/N1CCCCC1)OCc1ccc(N(C(=O)/N=C/N2CCNCC2)c2c(F)cccc2F)nc1-c1ccc(F)cc1F. The van der Waals surface area contributed by atoms with Gasteiger partial charge in [-0.3, -0.25) is 0 Å². The van der Waals surface area contributed by atoms with E-state index in [1.165, 1.54) is 24.8 Å². The Morgan fingerprint density at radius 2 is 1.56 bits per heavy atom. The molecule has 236 valence electrons. The first-order valence-electron chi connectivity index (χ1n) is 14.5. The van der Waals surface area contributed by atoms with Crippen LogP contribution in [0, 0.1) is 23.3 Å². The molecule has 0 unspecified atom stereocenters. The lowest BCUT2D eigenvalue weighted by Crippen LogP contribution is -2.43. The quantitative estimate of drug-likeness (QED) is 0.206. The molecule has 2 aliphatic rings. The van der Waals surface area contributed by atoms with Crippen molar-refractivity contribution in [3.63, 3.8) is 0 Å². The highest BCUT2D eigenvalue weighted by Crippen LogP contribution is 2.34. The van der Waals surface area contributed by atoms with Crippen LogP contribution in [0.5, 0.6) is 0 Å². The number of benzene rings is 2. The number of pyridine rings is 1. The summed E-state index contributed by atoms with van der Waals surface area (Å²) in [5.74, 6) is -4.29. The zero-order valence-electron chi connectivity index (χ0n) is 24.3. The summed E-state index contributed by atoms with van der Waals surface area (Å²) in [4.78, 5) is 42.3. The topological polar surface area (TPSA) is 103 Å². The third-order valence-corrected chi connectivity index (χ3v) is 7.28. The van der Waals surface area contributed by atoms with Crippen LogP contribution in [-0.4, -0.2) is 78.9 Å². The maximum absolute atomic E-state index is 15.1. The third-order valence-electron chi connectivity index (χ3n) is 7.28. The highest BCUT2D eigenvalue weighted by Gasteiger charge is 2.27. The van der Waals surface area contributed by atoms with Crippen molar-refractivity contribution >= 4 is 36.3 Å². The summed E-state index contributed by atoms with van der Waals surface area (Å²) in [6.07, 6.45) is 4.88. The Balaban J connectivity index is 1.50. The number of anilines is 2. The van der Waals surface area contributed by atoms with Gasteiger partial charge in [0.15, 0.2) is 0 Å². The lowest BCUT2D eigenvalue weighted by Gasteiger charge is -2.25. The second-order valence-electron chi connectivity index (χ2n) is 10.4. The summed E-state index contributed by atoms with van der Waals surface area (Å²) in [7, 11) is 0. The molecule has 2 aliphatic heterocycles. The predicted octanol–water partition coefficient (Wildman–Crippen LogP) is 5.65. The van der Waals surface area contributed by atoms with E-state index in [1.54, 1.807) is 4.90 Å². The van der Waals surface area contributed by atoms with Crippen molar-refractivity contribution in [1.29, 1.82) is 0 Å². The summed E-state index contributed by atoms with van der Waals surface area (Å²) >= 11 is 0. The second-order valence-corrected chi connectivity index (χ2v) is 10.4. The lowest BCUT2D eigenvalue weighted by molar-refractivity contribution is 0.150. The molecule has 1 aromatic heterocycles. The van der Waals surface area contributed by atoms with Gasteiger partial charge in [0.1, 0.15) is 41.4 Å². The minimum Gasteiger partial charge on any atom is -0.443 e. The van der Waals surface area contributed by atoms with Crippen molar-refractivity contribution in [2.24, 2.45) is 9.98 Å². The molecule has 0 aliphatic carbocycles. The lowest BCUT2D eigenvalue weighted by atomic mass is 10.1. The van der Waals surface area contributed by atoms with Crippen LogP contribution in [0.15, 0.2) is 58.5 Å². The Kier molecular flexibility index (Phi) is 10.3. The van der Waals surface area contributed by atoms with Crippen molar-refractivity contribution in [2.45, 2.75) is 25.9 Å². The standard InChI is InChI=1S/C31H31F4N7O3/c32-22-8-9-23(26(35)17-22)28-21(18-45-31(44)38-20-40-13-2-1-3-14-40)7-10-27(39-28)42(29-24(33)5-4-6-25(29)34)30(43)37-19-41-15-11-36-12-16-41/h4-10,17,19-20,36H,1-3,11-16,18H2/b37-19+,38-20+. The summed E-state index contributed by atoms with van der Waals surface area (Å²) in [5.41, 5.74) is -0.939. The number of halogens is 4. The van der Waals surface area contributed by atoms with Gasteiger partial charge in [-0.2, -0.15) is 9.98 Å². The average molecular weight is 626 g/mol. The number of carbonyl (C=O) groups excluding carboxylic acids is 2. The molecular formula is C31H31F4N7O3. The number of hydrogen-bond acceptors (Lipinski definition) is 5. The van der Waals surface area contributed by atoms with Crippen molar-refractivity contribution in [1.82, 2.24) is 20.1 Å². The van der Waals surface area contributed by atoms with Crippen LogP contribution in [0.3, 0.4) is 0 Å².